The quantitative estimate of drug-likeness (QED) is 0.633. The Labute approximate surface area is 181 Å². The molecular formula is C24H28N4O3. The molecule has 1 atom stereocenters. The summed E-state index contributed by atoms with van der Waals surface area (Å²) in [5.41, 5.74) is 3.44. The number of amides is 1. The van der Waals surface area contributed by atoms with Crippen LogP contribution in [0.3, 0.4) is 0 Å². The molecule has 3 aromatic rings. The highest BCUT2D eigenvalue weighted by Crippen LogP contribution is 2.40. The summed E-state index contributed by atoms with van der Waals surface area (Å²) in [6.45, 7) is 7.32. The Balaban J connectivity index is 1.48. The van der Waals surface area contributed by atoms with Crippen LogP contribution in [-0.4, -0.2) is 33.9 Å². The molecule has 7 nitrogen and oxygen atoms in total. The van der Waals surface area contributed by atoms with Crippen molar-refractivity contribution in [3.63, 3.8) is 0 Å². The topological polar surface area (TPSA) is 78.3 Å². The molecule has 1 aromatic carbocycles. The van der Waals surface area contributed by atoms with Crippen molar-refractivity contribution in [3.8, 4) is 11.5 Å². The molecule has 31 heavy (non-hydrogen) atoms. The van der Waals surface area contributed by atoms with E-state index < -0.39 is 0 Å². The van der Waals surface area contributed by atoms with E-state index in [1.54, 1.807) is 6.20 Å². The summed E-state index contributed by atoms with van der Waals surface area (Å²) in [7, 11) is 0. The third-order valence-corrected chi connectivity index (χ3v) is 6.00. The first-order valence-electron chi connectivity index (χ1n) is 11.1. The lowest BCUT2D eigenvalue weighted by Crippen LogP contribution is -2.28. The highest BCUT2D eigenvalue weighted by Gasteiger charge is 2.29. The Hall–Kier alpha value is -3.09. The van der Waals surface area contributed by atoms with Crippen LogP contribution in [0.1, 0.15) is 79.7 Å². The number of hydrogen-bond donors (Lipinski definition) is 1. The molecule has 1 unspecified atom stereocenters. The number of pyridine rings is 1. The van der Waals surface area contributed by atoms with Gasteiger partial charge in [-0.1, -0.05) is 13.0 Å². The third-order valence-electron chi connectivity index (χ3n) is 6.00. The zero-order chi connectivity index (χ0) is 21.5. The van der Waals surface area contributed by atoms with Gasteiger partial charge in [-0.15, -0.1) is 0 Å². The van der Waals surface area contributed by atoms with Crippen LogP contribution in [0.2, 0.25) is 0 Å². The van der Waals surface area contributed by atoms with E-state index in [9.17, 15) is 4.79 Å². The lowest BCUT2D eigenvalue weighted by molar-refractivity contribution is 0.0937. The summed E-state index contributed by atoms with van der Waals surface area (Å²) in [6.07, 6.45) is 4.79. The first kappa shape index (κ1) is 19.8. The van der Waals surface area contributed by atoms with Gasteiger partial charge >= 0.3 is 0 Å². The van der Waals surface area contributed by atoms with Crippen molar-refractivity contribution in [2.45, 2.75) is 58.0 Å². The number of rotatable bonds is 6. The van der Waals surface area contributed by atoms with Crippen molar-refractivity contribution in [3.05, 3.63) is 47.3 Å². The van der Waals surface area contributed by atoms with E-state index in [-0.39, 0.29) is 18.0 Å². The highest BCUT2D eigenvalue weighted by molar-refractivity contribution is 6.05. The second-order valence-electron chi connectivity index (χ2n) is 8.63. The lowest BCUT2D eigenvalue weighted by atomic mass is 10.0. The Kier molecular flexibility index (Phi) is 5.04. The van der Waals surface area contributed by atoms with E-state index in [1.807, 2.05) is 28.9 Å². The number of ether oxygens (including phenoxy) is 2. The smallest absolute Gasteiger partial charge is 0.252 e. The van der Waals surface area contributed by atoms with Gasteiger partial charge in [0.25, 0.3) is 5.91 Å². The summed E-state index contributed by atoms with van der Waals surface area (Å²) in [5.74, 6) is 1.84. The highest BCUT2D eigenvalue weighted by atomic mass is 16.6. The Bertz CT molecular complexity index is 1130. The Morgan fingerprint density at radius 2 is 1.97 bits per heavy atom. The minimum Gasteiger partial charge on any atom is -0.486 e. The van der Waals surface area contributed by atoms with Gasteiger partial charge < -0.3 is 14.8 Å². The molecule has 1 fully saturated rings. The molecule has 5 rings (SSSR count). The maximum atomic E-state index is 13.4. The summed E-state index contributed by atoms with van der Waals surface area (Å²) >= 11 is 0. The van der Waals surface area contributed by atoms with Crippen LogP contribution >= 0.6 is 0 Å². The maximum Gasteiger partial charge on any atom is 0.252 e. The SMILES string of the molecule is CCC(NC(=O)c1cc(C2CC2)nc2c1cnn2C(C)C)c1ccc2c(c1)OCCO2. The van der Waals surface area contributed by atoms with Crippen molar-refractivity contribution < 1.29 is 14.3 Å². The number of fused-ring (bicyclic) bond motifs is 2. The molecule has 7 heteroatoms. The first-order valence-corrected chi connectivity index (χ1v) is 11.1. The fraction of sp³-hybridized carbons (Fsp3) is 0.458. The fourth-order valence-electron chi connectivity index (χ4n) is 4.13. The summed E-state index contributed by atoms with van der Waals surface area (Å²) in [4.78, 5) is 18.3. The molecule has 0 bridgehead atoms. The van der Waals surface area contributed by atoms with Gasteiger partial charge in [-0.25, -0.2) is 9.67 Å². The number of hydrogen-bond acceptors (Lipinski definition) is 5. The molecule has 0 saturated heterocycles. The van der Waals surface area contributed by atoms with E-state index >= 15 is 0 Å². The van der Waals surface area contributed by atoms with Crippen molar-refractivity contribution in [1.29, 1.82) is 0 Å². The summed E-state index contributed by atoms with van der Waals surface area (Å²) in [6, 6.07) is 7.89. The standard InChI is InChI=1S/C24H28N4O3/c1-4-19(16-7-8-21-22(11-16)31-10-9-30-21)27-24(29)17-12-20(15-5-6-15)26-23-18(17)13-25-28(23)14(2)3/h7-8,11-15,19H,4-6,9-10H2,1-3H3,(H,27,29). The van der Waals surface area contributed by atoms with E-state index in [1.165, 1.54) is 0 Å². The monoisotopic (exact) mass is 420 g/mol. The zero-order valence-electron chi connectivity index (χ0n) is 18.2. The molecule has 2 aromatic heterocycles. The fourth-order valence-corrected chi connectivity index (χ4v) is 4.13. The predicted octanol–water partition coefficient (Wildman–Crippen LogP) is 4.54. The molecule has 1 amide bonds. The van der Waals surface area contributed by atoms with Gasteiger partial charge in [0, 0.05) is 17.7 Å². The molecule has 1 saturated carbocycles. The average molecular weight is 421 g/mol. The number of carbonyl (C=O) groups is 1. The van der Waals surface area contributed by atoms with Gasteiger partial charge in [0.1, 0.15) is 13.2 Å². The van der Waals surface area contributed by atoms with Gasteiger partial charge in [0.15, 0.2) is 17.1 Å². The second kappa shape index (κ2) is 7.87. The Morgan fingerprint density at radius 3 is 2.68 bits per heavy atom. The lowest BCUT2D eigenvalue weighted by Gasteiger charge is -2.22. The molecule has 1 aliphatic carbocycles. The van der Waals surface area contributed by atoms with Gasteiger partial charge in [-0.05, 0) is 56.9 Å². The molecule has 1 N–H and O–H groups in total. The number of aromatic nitrogens is 3. The molecule has 0 spiro atoms. The predicted molar refractivity (Wildman–Crippen MR) is 118 cm³/mol. The maximum absolute atomic E-state index is 13.4. The van der Waals surface area contributed by atoms with E-state index in [4.69, 9.17) is 14.5 Å². The van der Waals surface area contributed by atoms with Crippen molar-refractivity contribution >= 4 is 16.9 Å². The molecule has 3 heterocycles. The van der Waals surface area contributed by atoms with Crippen LogP contribution in [0, 0.1) is 0 Å². The van der Waals surface area contributed by atoms with E-state index in [0.29, 0.717) is 24.7 Å². The van der Waals surface area contributed by atoms with Crippen LogP contribution in [0.4, 0.5) is 0 Å². The normalized spacial score (nSPS) is 16.5. The third kappa shape index (κ3) is 3.73. The van der Waals surface area contributed by atoms with E-state index in [2.05, 4.69) is 31.2 Å². The van der Waals surface area contributed by atoms with Crippen molar-refractivity contribution in [1.82, 2.24) is 20.1 Å². The van der Waals surface area contributed by atoms with Crippen LogP contribution in [-0.2, 0) is 0 Å². The van der Waals surface area contributed by atoms with Gasteiger partial charge in [0.2, 0.25) is 0 Å². The molecule has 2 aliphatic rings. The zero-order valence-corrected chi connectivity index (χ0v) is 18.2. The summed E-state index contributed by atoms with van der Waals surface area (Å²) < 4.78 is 13.2. The largest absolute Gasteiger partial charge is 0.486 e. The minimum absolute atomic E-state index is 0.0978. The molecule has 162 valence electrons. The van der Waals surface area contributed by atoms with Crippen LogP contribution in [0.15, 0.2) is 30.5 Å². The average Bonchev–Trinajstić information content (AvgIpc) is 3.54. The molecule has 1 aliphatic heterocycles. The van der Waals surface area contributed by atoms with Gasteiger partial charge in [-0.3, -0.25) is 4.79 Å². The van der Waals surface area contributed by atoms with Crippen molar-refractivity contribution in [2.24, 2.45) is 0 Å². The molecule has 0 radical (unpaired) electrons. The number of carbonyl (C=O) groups excluding carboxylic acids is 1. The Morgan fingerprint density at radius 1 is 1.19 bits per heavy atom. The first-order chi connectivity index (χ1) is 15.0. The number of benzene rings is 1. The van der Waals surface area contributed by atoms with Gasteiger partial charge in [-0.2, -0.15) is 5.10 Å². The van der Waals surface area contributed by atoms with Crippen LogP contribution in [0.5, 0.6) is 11.5 Å². The number of nitrogens with one attached hydrogen (secondary N) is 1. The van der Waals surface area contributed by atoms with Gasteiger partial charge in [0.05, 0.1) is 23.2 Å². The van der Waals surface area contributed by atoms with E-state index in [0.717, 1.165) is 53.1 Å². The molecular weight excluding hydrogens is 392 g/mol. The summed E-state index contributed by atoms with van der Waals surface area (Å²) in [5, 5.41) is 8.53. The second-order valence-corrected chi connectivity index (χ2v) is 8.63. The number of nitrogens with zero attached hydrogens (tertiary/aromatic N) is 3. The van der Waals surface area contributed by atoms with Crippen LogP contribution in [0.25, 0.3) is 11.0 Å². The van der Waals surface area contributed by atoms with Crippen LogP contribution < -0.4 is 14.8 Å². The minimum atomic E-state index is -0.129. The van der Waals surface area contributed by atoms with Crippen molar-refractivity contribution in [2.75, 3.05) is 13.2 Å².